The SMILES string of the molecule is CNC1C=CC=CC1N(N)CC1N(C)c2ccccc2N1CCN(C(C)C)C(C)C. The summed E-state index contributed by atoms with van der Waals surface area (Å²) in [5.74, 6) is 6.65. The Bertz CT molecular complexity index is 735. The largest absolute Gasteiger partial charge is 0.351 e. The smallest absolute Gasteiger partial charge is 0.116 e. The third kappa shape index (κ3) is 4.72. The van der Waals surface area contributed by atoms with Gasteiger partial charge in [-0.05, 0) is 46.9 Å². The first-order valence-electron chi connectivity index (χ1n) is 11.2. The standard InChI is InChI=1S/C24H40N6/c1-18(2)28(19(3)4)15-16-29-23-14-10-9-13-22(23)27(6)24(29)17-30(25)21-12-8-7-11-20(21)26-5/h7-14,18-21,24,26H,15-17,25H2,1-6H3. The van der Waals surface area contributed by atoms with Gasteiger partial charge in [-0.2, -0.15) is 0 Å². The molecular weight excluding hydrogens is 372 g/mol. The van der Waals surface area contributed by atoms with E-state index in [0.29, 0.717) is 12.1 Å². The van der Waals surface area contributed by atoms with E-state index in [-0.39, 0.29) is 18.2 Å². The van der Waals surface area contributed by atoms with Gasteiger partial charge in [-0.3, -0.25) is 10.7 Å². The second kappa shape index (κ2) is 9.96. The van der Waals surface area contributed by atoms with Gasteiger partial charge in [0.15, 0.2) is 0 Å². The van der Waals surface area contributed by atoms with Crippen LogP contribution < -0.4 is 21.0 Å². The molecule has 1 aromatic carbocycles. The van der Waals surface area contributed by atoms with E-state index < -0.39 is 0 Å². The summed E-state index contributed by atoms with van der Waals surface area (Å²) in [6.07, 6.45) is 8.74. The van der Waals surface area contributed by atoms with Crippen molar-refractivity contribution in [1.82, 2.24) is 15.2 Å². The van der Waals surface area contributed by atoms with Crippen molar-refractivity contribution in [1.29, 1.82) is 0 Å². The molecule has 3 atom stereocenters. The second-order valence-corrected chi connectivity index (χ2v) is 8.97. The average molecular weight is 413 g/mol. The van der Waals surface area contributed by atoms with Crippen molar-refractivity contribution in [3.63, 3.8) is 0 Å². The minimum absolute atomic E-state index is 0.141. The molecule has 0 saturated heterocycles. The molecule has 0 fully saturated rings. The van der Waals surface area contributed by atoms with E-state index in [2.05, 4.69) is 103 Å². The molecule has 3 rings (SSSR count). The third-order valence-electron chi connectivity index (χ3n) is 6.50. The number of nitrogens with zero attached hydrogens (tertiary/aromatic N) is 4. The van der Waals surface area contributed by atoms with Crippen LogP contribution >= 0.6 is 0 Å². The molecule has 0 amide bonds. The van der Waals surface area contributed by atoms with Crippen LogP contribution in [0.15, 0.2) is 48.6 Å². The third-order valence-corrected chi connectivity index (χ3v) is 6.50. The van der Waals surface area contributed by atoms with E-state index in [1.807, 2.05) is 12.1 Å². The predicted octanol–water partition coefficient (Wildman–Crippen LogP) is 2.65. The molecule has 0 aromatic heterocycles. The highest BCUT2D eigenvalue weighted by Crippen LogP contribution is 2.38. The molecule has 2 aliphatic rings. The summed E-state index contributed by atoms with van der Waals surface area (Å²) in [5, 5.41) is 5.36. The predicted molar refractivity (Wildman–Crippen MR) is 129 cm³/mol. The van der Waals surface area contributed by atoms with Gasteiger partial charge in [-0.1, -0.05) is 36.4 Å². The van der Waals surface area contributed by atoms with E-state index in [1.54, 1.807) is 0 Å². The number of para-hydroxylation sites is 2. The molecule has 3 N–H and O–H groups in total. The van der Waals surface area contributed by atoms with Crippen LogP contribution in [0.1, 0.15) is 27.7 Å². The summed E-state index contributed by atoms with van der Waals surface area (Å²) in [6, 6.07) is 10.1. The Hall–Kier alpha value is -1.86. The van der Waals surface area contributed by atoms with E-state index in [9.17, 15) is 0 Å². The molecular formula is C24H40N6. The van der Waals surface area contributed by atoms with Gasteiger partial charge in [0, 0.05) is 38.3 Å². The fourth-order valence-corrected chi connectivity index (χ4v) is 4.85. The van der Waals surface area contributed by atoms with Gasteiger partial charge in [0.1, 0.15) is 6.17 Å². The molecule has 3 unspecified atom stereocenters. The van der Waals surface area contributed by atoms with Crippen molar-refractivity contribution >= 4 is 11.4 Å². The lowest BCUT2D eigenvalue weighted by molar-refractivity contribution is 0.172. The van der Waals surface area contributed by atoms with E-state index in [0.717, 1.165) is 19.6 Å². The zero-order chi connectivity index (χ0) is 21.8. The zero-order valence-corrected chi connectivity index (χ0v) is 19.5. The van der Waals surface area contributed by atoms with Crippen molar-refractivity contribution in [2.45, 2.75) is 58.0 Å². The maximum absolute atomic E-state index is 6.65. The van der Waals surface area contributed by atoms with Crippen molar-refractivity contribution in [3.8, 4) is 0 Å². The summed E-state index contributed by atoms with van der Waals surface area (Å²) < 4.78 is 0. The van der Waals surface area contributed by atoms with Crippen LogP contribution in [0, 0.1) is 0 Å². The molecule has 6 nitrogen and oxygen atoms in total. The summed E-state index contributed by atoms with van der Waals surface area (Å²) in [5.41, 5.74) is 2.58. The van der Waals surface area contributed by atoms with Gasteiger partial charge >= 0.3 is 0 Å². The number of likely N-dealkylation sites (N-methyl/N-ethyl adjacent to an activating group) is 2. The Morgan fingerprint density at radius 2 is 1.67 bits per heavy atom. The number of anilines is 2. The van der Waals surface area contributed by atoms with E-state index >= 15 is 0 Å². The highest BCUT2D eigenvalue weighted by Gasteiger charge is 2.36. The minimum atomic E-state index is 0.141. The number of hydrogen-bond donors (Lipinski definition) is 2. The lowest BCUT2D eigenvalue weighted by Crippen LogP contribution is -2.58. The average Bonchev–Trinajstić information content (AvgIpc) is 2.99. The maximum Gasteiger partial charge on any atom is 0.116 e. The molecule has 30 heavy (non-hydrogen) atoms. The maximum atomic E-state index is 6.65. The Balaban J connectivity index is 1.79. The number of fused-ring (bicyclic) bond motifs is 1. The van der Waals surface area contributed by atoms with E-state index in [4.69, 9.17) is 5.84 Å². The zero-order valence-electron chi connectivity index (χ0n) is 19.5. The van der Waals surface area contributed by atoms with Crippen LogP contribution in [-0.4, -0.2) is 74.0 Å². The molecule has 6 heteroatoms. The van der Waals surface area contributed by atoms with Gasteiger partial charge in [0.2, 0.25) is 0 Å². The van der Waals surface area contributed by atoms with Crippen molar-refractivity contribution in [3.05, 3.63) is 48.6 Å². The molecule has 0 saturated carbocycles. The monoisotopic (exact) mass is 412 g/mol. The Morgan fingerprint density at radius 3 is 2.30 bits per heavy atom. The molecule has 1 aromatic rings. The molecule has 0 bridgehead atoms. The Kier molecular flexibility index (Phi) is 7.58. The van der Waals surface area contributed by atoms with E-state index in [1.165, 1.54) is 11.4 Å². The number of allylic oxidation sites excluding steroid dienone is 2. The van der Waals surface area contributed by atoms with Gasteiger partial charge in [-0.15, -0.1) is 0 Å². The number of hydrogen-bond acceptors (Lipinski definition) is 6. The highest BCUT2D eigenvalue weighted by molar-refractivity contribution is 5.77. The lowest BCUT2D eigenvalue weighted by Gasteiger charge is -2.39. The second-order valence-electron chi connectivity index (χ2n) is 8.97. The minimum Gasteiger partial charge on any atom is -0.351 e. The molecule has 1 heterocycles. The topological polar surface area (TPSA) is 51.0 Å². The quantitative estimate of drug-likeness (QED) is 0.480. The van der Waals surface area contributed by atoms with Gasteiger partial charge in [-0.25, -0.2) is 5.01 Å². The molecule has 1 aliphatic heterocycles. The first-order chi connectivity index (χ1) is 14.3. The number of nitrogens with two attached hydrogens (primary N) is 1. The fraction of sp³-hybridized carbons (Fsp3) is 0.583. The van der Waals surface area contributed by atoms with Crippen molar-refractivity contribution in [2.75, 3.05) is 43.5 Å². The first-order valence-corrected chi connectivity index (χ1v) is 11.2. The van der Waals surface area contributed by atoms with Crippen LogP contribution in [0.25, 0.3) is 0 Å². The van der Waals surface area contributed by atoms with Gasteiger partial charge < -0.3 is 15.1 Å². The molecule has 166 valence electrons. The summed E-state index contributed by atoms with van der Waals surface area (Å²) in [7, 11) is 4.18. The summed E-state index contributed by atoms with van der Waals surface area (Å²) >= 11 is 0. The van der Waals surface area contributed by atoms with Crippen molar-refractivity contribution < 1.29 is 0 Å². The van der Waals surface area contributed by atoms with Crippen molar-refractivity contribution in [2.24, 2.45) is 5.84 Å². The highest BCUT2D eigenvalue weighted by atomic mass is 15.5. The molecule has 1 aliphatic carbocycles. The normalized spacial score (nSPS) is 23.5. The van der Waals surface area contributed by atoms with Crippen LogP contribution in [0.4, 0.5) is 11.4 Å². The Labute approximate surface area is 183 Å². The molecule has 0 radical (unpaired) electrons. The van der Waals surface area contributed by atoms with Gasteiger partial charge in [0.25, 0.3) is 0 Å². The Morgan fingerprint density at radius 1 is 1.03 bits per heavy atom. The molecule has 0 spiro atoms. The van der Waals surface area contributed by atoms with Crippen LogP contribution in [0.3, 0.4) is 0 Å². The number of rotatable bonds is 9. The summed E-state index contributed by atoms with van der Waals surface area (Å²) in [4.78, 5) is 7.47. The fourth-order valence-electron chi connectivity index (χ4n) is 4.85. The van der Waals surface area contributed by atoms with Crippen LogP contribution in [-0.2, 0) is 0 Å². The number of hydrazine groups is 1. The number of benzene rings is 1. The lowest BCUT2D eigenvalue weighted by atomic mass is 10.0. The van der Waals surface area contributed by atoms with Crippen LogP contribution in [0.5, 0.6) is 0 Å². The number of nitrogens with one attached hydrogen (secondary N) is 1. The van der Waals surface area contributed by atoms with Gasteiger partial charge in [0.05, 0.1) is 24.0 Å². The first kappa shape index (κ1) is 22.8. The summed E-state index contributed by atoms with van der Waals surface area (Å²) in [6.45, 7) is 11.9. The van der Waals surface area contributed by atoms with Crippen LogP contribution in [0.2, 0.25) is 0 Å².